The van der Waals surface area contributed by atoms with Crippen molar-refractivity contribution in [2.45, 2.75) is 6.10 Å². The zero-order valence-corrected chi connectivity index (χ0v) is 11.5. The minimum absolute atomic E-state index is 0.123. The lowest BCUT2D eigenvalue weighted by atomic mass is 10.2. The van der Waals surface area contributed by atoms with Gasteiger partial charge in [-0.05, 0) is 12.1 Å². The van der Waals surface area contributed by atoms with Crippen molar-refractivity contribution in [2.75, 3.05) is 39.3 Å². The summed E-state index contributed by atoms with van der Waals surface area (Å²) in [5, 5.41) is 17.4. The van der Waals surface area contributed by atoms with Gasteiger partial charge >= 0.3 is 0 Å². The highest BCUT2D eigenvalue weighted by Crippen LogP contribution is 2.09. The van der Waals surface area contributed by atoms with Crippen LogP contribution < -0.4 is 10.5 Å². The van der Waals surface area contributed by atoms with Gasteiger partial charge in [0.1, 0.15) is 18.5 Å². The van der Waals surface area contributed by atoms with Crippen LogP contribution >= 0.6 is 0 Å². The Kier molecular flexibility index (Phi) is 5.20. The van der Waals surface area contributed by atoms with Gasteiger partial charge in [0.25, 0.3) is 0 Å². The molecule has 1 aromatic rings. The molecule has 1 aliphatic heterocycles. The van der Waals surface area contributed by atoms with Gasteiger partial charge in [-0.3, -0.25) is 10.3 Å². The third-order valence-electron chi connectivity index (χ3n) is 3.37. The van der Waals surface area contributed by atoms with Crippen LogP contribution in [0.15, 0.2) is 30.3 Å². The molecule has 0 aliphatic carbocycles. The smallest absolute Gasteiger partial charge is 0.188 e. The van der Waals surface area contributed by atoms with Gasteiger partial charge < -0.3 is 20.5 Å². The lowest BCUT2D eigenvalue weighted by Gasteiger charge is -2.35. The van der Waals surface area contributed by atoms with Crippen LogP contribution in [0.4, 0.5) is 0 Å². The molecule has 0 saturated carbocycles. The number of piperazine rings is 1. The maximum absolute atomic E-state index is 9.99. The van der Waals surface area contributed by atoms with E-state index in [2.05, 4.69) is 4.90 Å². The van der Waals surface area contributed by atoms with Crippen molar-refractivity contribution in [3.05, 3.63) is 30.3 Å². The number of aliphatic hydroxyl groups excluding tert-OH is 1. The minimum Gasteiger partial charge on any atom is -0.491 e. The molecule has 4 N–H and O–H groups in total. The number of hydrogen-bond donors (Lipinski definition) is 3. The fourth-order valence-corrected chi connectivity index (χ4v) is 2.23. The van der Waals surface area contributed by atoms with Gasteiger partial charge in [0.05, 0.1) is 0 Å². The Morgan fingerprint density at radius 2 is 1.90 bits per heavy atom. The third-order valence-corrected chi connectivity index (χ3v) is 3.37. The first-order valence-corrected chi connectivity index (χ1v) is 6.82. The molecule has 20 heavy (non-hydrogen) atoms. The molecule has 0 radical (unpaired) electrons. The molecular weight excluding hydrogens is 256 g/mol. The van der Waals surface area contributed by atoms with Gasteiger partial charge in [0.15, 0.2) is 5.96 Å². The topological polar surface area (TPSA) is 85.8 Å². The van der Waals surface area contributed by atoms with Crippen molar-refractivity contribution >= 4 is 5.96 Å². The molecule has 1 heterocycles. The molecule has 2 rings (SSSR count). The van der Waals surface area contributed by atoms with Crippen LogP contribution in [-0.4, -0.2) is 66.3 Å². The van der Waals surface area contributed by atoms with E-state index in [0.29, 0.717) is 6.54 Å². The van der Waals surface area contributed by atoms with Crippen molar-refractivity contribution in [3.63, 3.8) is 0 Å². The van der Waals surface area contributed by atoms with Crippen LogP contribution in [0.2, 0.25) is 0 Å². The molecule has 1 saturated heterocycles. The van der Waals surface area contributed by atoms with E-state index >= 15 is 0 Å². The summed E-state index contributed by atoms with van der Waals surface area (Å²) in [7, 11) is 0. The van der Waals surface area contributed by atoms with Gasteiger partial charge in [0.2, 0.25) is 0 Å². The number of aliphatic hydroxyl groups is 1. The second kappa shape index (κ2) is 7.12. The molecule has 1 unspecified atom stereocenters. The van der Waals surface area contributed by atoms with E-state index in [9.17, 15) is 5.11 Å². The maximum atomic E-state index is 9.99. The van der Waals surface area contributed by atoms with Crippen LogP contribution in [0.3, 0.4) is 0 Å². The van der Waals surface area contributed by atoms with E-state index in [0.717, 1.165) is 31.9 Å². The van der Waals surface area contributed by atoms with Crippen LogP contribution in [0.25, 0.3) is 0 Å². The second-order valence-corrected chi connectivity index (χ2v) is 4.95. The molecule has 1 aromatic carbocycles. The zero-order chi connectivity index (χ0) is 14.4. The van der Waals surface area contributed by atoms with Gasteiger partial charge in [-0.25, -0.2) is 0 Å². The quantitative estimate of drug-likeness (QED) is 0.519. The van der Waals surface area contributed by atoms with Crippen LogP contribution in [0, 0.1) is 5.41 Å². The largest absolute Gasteiger partial charge is 0.491 e. The summed E-state index contributed by atoms with van der Waals surface area (Å²) in [4.78, 5) is 4.00. The van der Waals surface area contributed by atoms with Crippen molar-refractivity contribution in [1.82, 2.24) is 9.80 Å². The molecule has 110 valence electrons. The van der Waals surface area contributed by atoms with E-state index < -0.39 is 6.10 Å². The number of ether oxygens (including phenoxy) is 1. The molecule has 0 bridgehead atoms. The lowest BCUT2D eigenvalue weighted by Crippen LogP contribution is -2.52. The average Bonchev–Trinajstić information content (AvgIpc) is 2.47. The summed E-state index contributed by atoms with van der Waals surface area (Å²) < 4.78 is 5.53. The van der Waals surface area contributed by atoms with Crippen molar-refractivity contribution in [3.8, 4) is 5.75 Å². The third kappa shape index (κ3) is 4.40. The molecule has 0 amide bonds. The molecular formula is C14H22N4O2. The summed E-state index contributed by atoms with van der Waals surface area (Å²) in [6, 6.07) is 9.49. The van der Waals surface area contributed by atoms with Crippen molar-refractivity contribution < 1.29 is 9.84 Å². The van der Waals surface area contributed by atoms with E-state index in [4.69, 9.17) is 15.9 Å². The standard InChI is InChI=1S/C14H22N4O2/c15-14(16)18-8-6-17(7-9-18)10-12(19)11-20-13-4-2-1-3-5-13/h1-5,12,19H,6-11H2,(H3,15,16). The Labute approximate surface area is 119 Å². The van der Waals surface area contributed by atoms with Crippen molar-refractivity contribution in [1.29, 1.82) is 5.41 Å². The first-order valence-electron chi connectivity index (χ1n) is 6.82. The fraction of sp³-hybridized carbons (Fsp3) is 0.500. The normalized spacial score (nSPS) is 17.8. The summed E-state index contributed by atoms with van der Waals surface area (Å²) in [5.74, 6) is 0.894. The molecule has 1 atom stereocenters. The first-order chi connectivity index (χ1) is 9.65. The van der Waals surface area contributed by atoms with E-state index in [-0.39, 0.29) is 12.6 Å². The highest BCUT2D eigenvalue weighted by atomic mass is 16.5. The molecule has 6 nitrogen and oxygen atoms in total. The number of β-amino-alcohol motifs (C(OH)–C–C–N with tert-alkyl or cyclic N) is 1. The predicted molar refractivity (Wildman–Crippen MR) is 77.9 cm³/mol. The molecule has 1 aliphatic rings. The Morgan fingerprint density at radius 1 is 1.25 bits per heavy atom. The summed E-state index contributed by atoms with van der Waals surface area (Å²) in [5.41, 5.74) is 5.45. The van der Waals surface area contributed by atoms with E-state index in [1.807, 2.05) is 35.2 Å². The number of benzene rings is 1. The summed E-state index contributed by atoms with van der Waals surface area (Å²) in [6.07, 6.45) is -0.515. The van der Waals surface area contributed by atoms with Gasteiger partial charge in [-0.15, -0.1) is 0 Å². The summed E-state index contributed by atoms with van der Waals surface area (Å²) >= 11 is 0. The first kappa shape index (κ1) is 14.6. The zero-order valence-electron chi connectivity index (χ0n) is 11.5. The highest BCUT2D eigenvalue weighted by Gasteiger charge is 2.19. The lowest BCUT2D eigenvalue weighted by molar-refractivity contribution is 0.0554. The van der Waals surface area contributed by atoms with Crippen LogP contribution in [-0.2, 0) is 0 Å². The van der Waals surface area contributed by atoms with Gasteiger partial charge in [-0.1, -0.05) is 18.2 Å². The fourth-order valence-electron chi connectivity index (χ4n) is 2.23. The molecule has 1 fully saturated rings. The number of para-hydroxylation sites is 1. The Balaban J connectivity index is 1.68. The Bertz CT molecular complexity index is 418. The predicted octanol–water partition coefficient (Wildman–Crippen LogP) is -0.0626. The number of rotatable bonds is 5. The SMILES string of the molecule is N=C(N)N1CCN(CC(O)COc2ccccc2)CC1. The Hall–Kier alpha value is -1.79. The van der Waals surface area contributed by atoms with Crippen LogP contribution in [0.1, 0.15) is 0 Å². The second-order valence-electron chi connectivity index (χ2n) is 4.95. The number of guanidine groups is 1. The van der Waals surface area contributed by atoms with Crippen molar-refractivity contribution in [2.24, 2.45) is 5.73 Å². The molecule has 6 heteroatoms. The Morgan fingerprint density at radius 3 is 2.50 bits per heavy atom. The number of nitrogens with zero attached hydrogens (tertiary/aromatic N) is 2. The summed E-state index contributed by atoms with van der Waals surface area (Å²) in [6.45, 7) is 3.96. The maximum Gasteiger partial charge on any atom is 0.188 e. The van der Waals surface area contributed by atoms with Crippen LogP contribution in [0.5, 0.6) is 5.75 Å². The molecule has 0 spiro atoms. The minimum atomic E-state index is -0.515. The van der Waals surface area contributed by atoms with E-state index in [1.54, 1.807) is 0 Å². The van der Waals surface area contributed by atoms with Gasteiger partial charge in [0, 0.05) is 32.7 Å². The monoisotopic (exact) mass is 278 g/mol. The average molecular weight is 278 g/mol. The molecule has 0 aromatic heterocycles. The number of nitrogens with one attached hydrogen (secondary N) is 1. The number of hydrogen-bond acceptors (Lipinski definition) is 4. The number of nitrogens with two attached hydrogens (primary N) is 1. The highest BCUT2D eigenvalue weighted by molar-refractivity contribution is 5.74. The van der Waals surface area contributed by atoms with Gasteiger partial charge in [-0.2, -0.15) is 0 Å². The van der Waals surface area contributed by atoms with E-state index in [1.165, 1.54) is 0 Å².